The van der Waals surface area contributed by atoms with Crippen molar-refractivity contribution in [2.24, 2.45) is 0 Å². The standard InChI is InChI=1S/C13H27NO2S/c1-3-5-12(14-8-4-2)11-17(15)13-6-9-16-10-7-13/h12-14H,3-11H2,1-2H3. The van der Waals surface area contributed by atoms with Crippen LogP contribution >= 0.6 is 0 Å². The molecule has 0 radical (unpaired) electrons. The topological polar surface area (TPSA) is 38.3 Å². The first-order valence-electron chi connectivity index (χ1n) is 6.96. The lowest BCUT2D eigenvalue weighted by molar-refractivity contribution is 0.0991. The van der Waals surface area contributed by atoms with Gasteiger partial charge in [-0.1, -0.05) is 20.3 Å². The van der Waals surface area contributed by atoms with Gasteiger partial charge in [0.05, 0.1) is 0 Å². The van der Waals surface area contributed by atoms with Crippen LogP contribution in [0.1, 0.15) is 46.0 Å². The molecule has 0 saturated carbocycles. The highest BCUT2D eigenvalue weighted by molar-refractivity contribution is 7.85. The van der Waals surface area contributed by atoms with E-state index in [1.54, 1.807) is 0 Å². The minimum Gasteiger partial charge on any atom is -0.381 e. The van der Waals surface area contributed by atoms with E-state index < -0.39 is 10.8 Å². The van der Waals surface area contributed by atoms with Gasteiger partial charge in [0.15, 0.2) is 0 Å². The highest BCUT2D eigenvalue weighted by atomic mass is 32.2. The Labute approximate surface area is 108 Å². The molecule has 2 unspecified atom stereocenters. The van der Waals surface area contributed by atoms with Crippen LogP contribution in [0.3, 0.4) is 0 Å². The van der Waals surface area contributed by atoms with Crippen molar-refractivity contribution in [3.63, 3.8) is 0 Å². The molecule has 1 saturated heterocycles. The highest BCUT2D eigenvalue weighted by Crippen LogP contribution is 2.15. The average Bonchev–Trinajstić information content (AvgIpc) is 2.37. The molecule has 1 aliphatic heterocycles. The molecule has 0 amide bonds. The van der Waals surface area contributed by atoms with Gasteiger partial charge in [0.25, 0.3) is 0 Å². The van der Waals surface area contributed by atoms with Gasteiger partial charge in [-0.05, 0) is 32.2 Å². The minimum absolute atomic E-state index is 0.367. The summed E-state index contributed by atoms with van der Waals surface area (Å²) in [4.78, 5) is 0. The van der Waals surface area contributed by atoms with Crippen molar-refractivity contribution in [1.82, 2.24) is 5.32 Å². The van der Waals surface area contributed by atoms with Crippen molar-refractivity contribution in [2.45, 2.75) is 57.2 Å². The molecule has 1 fully saturated rings. The predicted octanol–water partition coefficient (Wildman–Crippen LogP) is 2.08. The van der Waals surface area contributed by atoms with Crippen LogP contribution in [0.2, 0.25) is 0 Å². The van der Waals surface area contributed by atoms with Gasteiger partial charge in [-0.25, -0.2) is 0 Å². The third-order valence-corrected chi connectivity index (χ3v) is 5.17. The lowest BCUT2D eigenvalue weighted by Crippen LogP contribution is -2.38. The number of rotatable bonds is 8. The van der Waals surface area contributed by atoms with Gasteiger partial charge < -0.3 is 10.1 Å². The number of hydrogen-bond donors (Lipinski definition) is 1. The van der Waals surface area contributed by atoms with E-state index in [1.807, 2.05) is 0 Å². The van der Waals surface area contributed by atoms with Crippen LogP contribution in [0.4, 0.5) is 0 Å². The van der Waals surface area contributed by atoms with Crippen molar-refractivity contribution in [2.75, 3.05) is 25.5 Å². The molecule has 17 heavy (non-hydrogen) atoms. The van der Waals surface area contributed by atoms with E-state index in [2.05, 4.69) is 19.2 Å². The summed E-state index contributed by atoms with van der Waals surface area (Å²) in [5, 5.41) is 3.88. The van der Waals surface area contributed by atoms with Crippen LogP contribution in [0, 0.1) is 0 Å². The number of ether oxygens (including phenoxy) is 1. The van der Waals surface area contributed by atoms with Crippen LogP contribution in [-0.2, 0) is 15.5 Å². The van der Waals surface area contributed by atoms with Gasteiger partial charge in [0.2, 0.25) is 0 Å². The molecule has 102 valence electrons. The minimum atomic E-state index is -0.684. The molecule has 4 heteroatoms. The number of hydrogen-bond acceptors (Lipinski definition) is 3. The van der Waals surface area contributed by atoms with Crippen molar-refractivity contribution in [3.8, 4) is 0 Å². The fourth-order valence-corrected chi connectivity index (χ4v) is 3.89. The summed E-state index contributed by atoms with van der Waals surface area (Å²) >= 11 is 0. The second kappa shape index (κ2) is 9.06. The first kappa shape index (κ1) is 15.1. The Morgan fingerprint density at radius 2 is 2.00 bits per heavy atom. The Kier molecular flexibility index (Phi) is 8.06. The van der Waals surface area contributed by atoms with Crippen LogP contribution < -0.4 is 5.32 Å². The quantitative estimate of drug-likeness (QED) is 0.727. The molecule has 0 aromatic rings. The normalized spacial score (nSPS) is 21.3. The van der Waals surface area contributed by atoms with E-state index in [0.717, 1.165) is 57.6 Å². The Morgan fingerprint density at radius 3 is 2.59 bits per heavy atom. The maximum absolute atomic E-state index is 12.3. The molecule has 0 bridgehead atoms. The molecule has 1 aliphatic rings. The Balaban J connectivity index is 2.33. The monoisotopic (exact) mass is 261 g/mol. The van der Waals surface area contributed by atoms with Gasteiger partial charge in [-0.3, -0.25) is 4.21 Å². The molecule has 0 aromatic carbocycles. The third kappa shape index (κ3) is 5.98. The van der Waals surface area contributed by atoms with Crippen molar-refractivity contribution < 1.29 is 8.95 Å². The van der Waals surface area contributed by atoms with Gasteiger partial charge in [0.1, 0.15) is 0 Å². The summed E-state index contributed by atoms with van der Waals surface area (Å²) < 4.78 is 17.6. The number of nitrogens with one attached hydrogen (secondary N) is 1. The Hall–Kier alpha value is 0.0700. The molecule has 1 rings (SSSR count). The smallest absolute Gasteiger partial charge is 0.0477 e. The van der Waals surface area contributed by atoms with Crippen LogP contribution in [0.25, 0.3) is 0 Å². The summed E-state index contributed by atoms with van der Waals surface area (Å²) in [6, 6.07) is 0.434. The molecule has 0 aliphatic carbocycles. The largest absolute Gasteiger partial charge is 0.381 e. The first-order valence-corrected chi connectivity index (χ1v) is 8.34. The van der Waals surface area contributed by atoms with E-state index in [-0.39, 0.29) is 0 Å². The Bertz CT molecular complexity index is 217. The molecule has 0 spiro atoms. The predicted molar refractivity (Wildman–Crippen MR) is 73.8 cm³/mol. The molecule has 2 atom stereocenters. The van der Waals surface area contributed by atoms with Gasteiger partial charge in [-0.15, -0.1) is 0 Å². The van der Waals surface area contributed by atoms with Gasteiger partial charge in [0, 0.05) is 41.1 Å². The zero-order valence-corrected chi connectivity index (χ0v) is 12.1. The van der Waals surface area contributed by atoms with E-state index in [1.165, 1.54) is 0 Å². The zero-order valence-electron chi connectivity index (χ0n) is 11.2. The maximum Gasteiger partial charge on any atom is 0.0477 e. The molecule has 0 aromatic heterocycles. The summed E-state index contributed by atoms with van der Waals surface area (Å²) in [6.45, 7) is 6.98. The lowest BCUT2D eigenvalue weighted by atomic mass is 10.2. The van der Waals surface area contributed by atoms with Crippen LogP contribution in [0.15, 0.2) is 0 Å². The maximum atomic E-state index is 12.3. The molecular formula is C13H27NO2S. The molecule has 3 nitrogen and oxygen atoms in total. The summed E-state index contributed by atoms with van der Waals surface area (Å²) in [6.07, 6.45) is 5.38. The van der Waals surface area contributed by atoms with Gasteiger partial charge in [-0.2, -0.15) is 0 Å². The average molecular weight is 261 g/mol. The SMILES string of the molecule is CCCNC(CCC)CS(=O)C1CCOCC1. The second-order valence-electron chi connectivity index (χ2n) is 4.80. The van der Waals surface area contributed by atoms with E-state index in [4.69, 9.17) is 4.74 Å². The Morgan fingerprint density at radius 1 is 1.29 bits per heavy atom. The highest BCUT2D eigenvalue weighted by Gasteiger charge is 2.22. The van der Waals surface area contributed by atoms with E-state index in [9.17, 15) is 4.21 Å². The lowest BCUT2D eigenvalue weighted by Gasteiger charge is -2.24. The van der Waals surface area contributed by atoms with Crippen molar-refractivity contribution in [1.29, 1.82) is 0 Å². The molecular weight excluding hydrogens is 234 g/mol. The van der Waals surface area contributed by atoms with Crippen LogP contribution in [-0.4, -0.2) is 41.0 Å². The van der Waals surface area contributed by atoms with Crippen molar-refractivity contribution >= 4 is 10.8 Å². The van der Waals surface area contributed by atoms with E-state index >= 15 is 0 Å². The first-order chi connectivity index (χ1) is 8.27. The summed E-state index contributed by atoms with van der Waals surface area (Å²) in [5.74, 6) is 0.818. The fraction of sp³-hybridized carbons (Fsp3) is 1.00. The van der Waals surface area contributed by atoms with Gasteiger partial charge >= 0.3 is 0 Å². The zero-order chi connectivity index (χ0) is 12.5. The van der Waals surface area contributed by atoms with Crippen LogP contribution in [0.5, 0.6) is 0 Å². The second-order valence-corrected chi connectivity index (χ2v) is 6.56. The van der Waals surface area contributed by atoms with E-state index in [0.29, 0.717) is 11.3 Å². The molecule has 1 N–H and O–H groups in total. The van der Waals surface area contributed by atoms with Crippen molar-refractivity contribution in [3.05, 3.63) is 0 Å². The fourth-order valence-electron chi connectivity index (χ4n) is 2.21. The third-order valence-electron chi connectivity index (χ3n) is 3.23. The summed E-state index contributed by atoms with van der Waals surface area (Å²) in [5.41, 5.74) is 0. The molecule has 1 heterocycles. The summed E-state index contributed by atoms with van der Waals surface area (Å²) in [7, 11) is -0.684.